The maximum Gasteiger partial charge on any atom is 0.338 e. The molecule has 4 aromatic rings. The number of esters is 1. The van der Waals surface area contributed by atoms with Gasteiger partial charge in [0.2, 0.25) is 17.5 Å². The first kappa shape index (κ1) is 27.7. The summed E-state index contributed by atoms with van der Waals surface area (Å²) in [6, 6.07) is 12.5. The van der Waals surface area contributed by atoms with E-state index in [1.54, 1.807) is 0 Å². The fraction of sp³-hybridized carbons (Fsp3) is 0.214. The van der Waals surface area contributed by atoms with Crippen molar-refractivity contribution < 1.29 is 59.2 Å². The summed E-state index contributed by atoms with van der Waals surface area (Å²) in [5.74, 6) is -2.83. The maximum atomic E-state index is 13.5. The standard InChI is InChI=1S/C28H24O13/c29-14-5-1-12(2-6-14)25-26(22(34)20-17(32)9-16(31)10-18(20)39-25)41-28-24(36)23(35)21(33)19(40-28)11-38-27(37)13-3-7-15(30)8-4-13/h1-10,19,21,23-24,28-33,35-36H,11H2/t19-,21-,23+,24-,28+/m1/s1. The van der Waals surface area contributed by atoms with E-state index in [0.717, 1.165) is 12.1 Å². The second kappa shape index (κ2) is 11.0. The molecule has 5 atom stereocenters. The van der Waals surface area contributed by atoms with E-state index in [4.69, 9.17) is 18.6 Å². The minimum Gasteiger partial charge on any atom is -0.508 e. The molecule has 0 aliphatic carbocycles. The van der Waals surface area contributed by atoms with Crippen LogP contribution < -0.4 is 10.2 Å². The van der Waals surface area contributed by atoms with E-state index < -0.39 is 66.0 Å². The monoisotopic (exact) mass is 568 g/mol. The van der Waals surface area contributed by atoms with Crippen LogP contribution in [-0.2, 0) is 9.47 Å². The number of aliphatic hydroxyl groups is 3. The molecule has 1 aromatic heterocycles. The maximum absolute atomic E-state index is 13.5. The smallest absolute Gasteiger partial charge is 0.338 e. The molecular formula is C28H24O13. The summed E-state index contributed by atoms with van der Waals surface area (Å²) in [6.45, 7) is -0.596. The van der Waals surface area contributed by atoms with E-state index in [1.807, 2.05) is 0 Å². The van der Waals surface area contributed by atoms with Gasteiger partial charge < -0.3 is 54.4 Å². The van der Waals surface area contributed by atoms with Gasteiger partial charge in [-0.1, -0.05) is 0 Å². The van der Waals surface area contributed by atoms with E-state index in [1.165, 1.54) is 48.5 Å². The van der Waals surface area contributed by atoms with Crippen molar-refractivity contribution in [1.82, 2.24) is 0 Å². The second-order valence-corrected chi connectivity index (χ2v) is 9.25. The molecule has 1 saturated heterocycles. The Morgan fingerprint density at radius 1 is 0.805 bits per heavy atom. The van der Waals surface area contributed by atoms with Crippen molar-refractivity contribution in [3.05, 3.63) is 76.5 Å². The molecule has 7 N–H and O–H groups in total. The molecule has 13 heteroatoms. The van der Waals surface area contributed by atoms with Crippen molar-refractivity contribution in [2.75, 3.05) is 6.61 Å². The number of phenolic OH excluding ortho intramolecular Hbond substituents is 4. The van der Waals surface area contributed by atoms with Crippen molar-refractivity contribution in [3.8, 4) is 40.1 Å². The summed E-state index contributed by atoms with van der Waals surface area (Å²) < 4.78 is 22.2. The van der Waals surface area contributed by atoms with E-state index in [-0.39, 0.29) is 39.4 Å². The lowest BCUT2D eigenvalue weighted by Gasteiger charge is -2.39. The minimum atomic E-state index is -1.90. The van der Waals surface area contributed by atoms with Crippen LogP contribution in [0.5, 0.6) is 28.7 Å². The molecule has 214 valence electrons. The fourth-order valence-corrected chi connectivity index (χ4v) is 4.28. The Labute approximate surface area is 230 Å². The van der Waals surface area contributed by atoms with Crippen molar-refractivity contribution in [3.63, 3.8) is 0 Å². The summed E-state index contributed by atoms with van der Waals surface area (Å²) in [5.41, 5.74) is -0.842. The van der Waals surface area contributed by atoms with Crippen LogP contribution in [0, 0.1) is 0 Å². The Hall–Kier alpha value is -4.82. The van der Waals surface area contributed by atoms with Gasteiger partial charge in [0, 0.05) is 17.7 Å². The molecule has 0 amide bonds. The zero-order valence-electron chi connectivity index (χ0n) is 20.9. The number of carbonyl (C=O) groups excluding carboxylic acids is 1. The van der Waals surface area contributed by atoms with Crippen LogP contribution in [0.3, 0.4) is 0 Å². The lowest BCUT2D eigenvalue weighted by atomic mass is 9.99. The highest BCUT2D eigenvalue weighted by Gasteiger charge is 2.46. The third-order valence-electron chi connectivity index (χ3n) is 6.43. The Morgan fingerprint density at radius 2 is 1.44 bits per heavy atom. The number of hydrogen-bond donors (Lipinski definition) is 7. The van der Waals surface area contributed by atoms with Crippen LogP contribution in [0.15, 0.2) is 69.9 Å². The SMILES string of the molecule is O=C(OC[C@H]1O[C@@H](Oc2c(-c3ccc(O)cc3)oc3cc(O)cc(O)c3c2=O)[C@H](O)[C@@H](O)[C@@H]1O)c1ccc(O)cc1. The van der Waals surface area contributed by atoms with Gasteiger partial charge in [0.25, 0.3) is 0 Å². The van der Waals surface area contributed by atoms with Crippen molar-refractivity contribution in [2.24, 2.45) is 0 Å². The number of aromatic hydroxyl groups is 4. The quantitative estimate of drug-likeness (QED) is 0.164. The molecule has 1 aliphatic rings. The fourth-order valence-electron chi connectivity index (χ4n) is 4.28. The first-order valence-corrected chi connectivity index (χ1v) is 12.2. The lowest BCUT2D eigenvalue weighted by molar-refractivity contribution is -0.277. The molecule has 41 heavy (non-hydrogen) atoms. The van der Waals surface area contributed by atoms with Crippen LogP contribution in [0.25, 0.3) is 22.3 Å². The normalized spacial score (nSPS) is 22.4. The molecule has 3 aromatic carbocycles. The molecule has 1 fully saturated rings. The van der Waals surface area contributed by atoms with Gasteiger partial charge in [0.1, 0.15) is 65.0 Å². The summed E-state index contributed by atoms with van der Waals surface area (Å²) >= 11 is 0. The zero-order chi connectivity index (χ0) is 29.4. The van der Waals surface area contributed by atoms with Gasteiger partial charge in [0.15, 0.2) is 5.76 Å². The molecule has 0 saturated carbocycles. The summed E-state index contributed by atoms with van der Waals surface area (Å²) in [5, 5.41) is 70.5. The second-order valence-electron chi connectivity index (χ2n) is 9.25. The molecule has 0 unspecified atom stereocenters. The number of fused-ring (bicyclic) bond motifs is 1. The first-order chi connectivity index (χ1) is 19.5. The number of ether oxygens (including phenoxy) is 3. The summed E-state index contributed by atoms with van der Waals surface area (Å²) in [6.07, 6.45) is -8.71. The predicted molar refractivity (Wildman–Crippen MR) is 139 cm³/mol. The van der Waals surface area contributed by atoms with Crippen LogP contribution in [0.2, 0.25) is 0 Å². The molecule has 1 aliphatic heterocycles. The Kier molecular flexibility index (Phi) is 7.43. The van der Waals surface area contributed by atoms with Gasteiger partial charge in [-0.2, -0.15) is 0 Å². The van der Waals surface area contributed by atoms with Crippen LogP contribution >= 0.6 is 0 Å². The number of carbonyl (C=O) groups is 1. The first-order valence-electron chi connectivity index (χ1n) is 12.2. The van der Waals surface area contributed by atoms with Crippen LogP contribution in [-0.4, -0.2) is 79.0 Å². The average Bonchev–Trinajstić information content (AvgIpc) is 2.94. The van der Waals surface area contributed by atoms with Gasteiger partial charge >= 0.3 is 5.97 Å². The van der Waals surface area contributed by atoms with E-state index in [2.05, 4.69) is 0 Å². The predicted octanol–water partition coefficient (Wildman–Crippen LogP) is 1.33. The van der Waals surface area contributed by atoms with Gasteiger partial charge in [-0.15, -0.1) is 0 Å². The molecule has 2 heterocycles. The van der Waals surface area contributed by atoms with E-state index >= 15 is 0 Å². The lowest BCUT2D eigenvalue weighted by Crippen LogP contribution is -2.60. The number of hydrogen-bond acceptors (Lipinski definition) is 13. The Morgan fingerprint density at radius 3 is 2.10 bits per heavy atom. The Bertz CT molecular complexity index is 1630. The van der Waals surface area contributed by atoms with E-state index in [0.29, 0.717) is 0 Å². The summed E-state index contributed by atoms with van der Waals surface area (Å²) in [7, 11) is 0. The number of aliphatic hydroxyl groups excluding tert-OH is 3. The van der Waals surface area contributed by atoms with Crippen LogP contribution in [0.1, 0.15) is 10.4 Å². The van der Waals surface area contributed by atoms with Gasteiger partial charge in [-0.05, 0) is 48.5 Å². The molecular weight excluding hydrogens is 544 g/mol. The Balaban J connectivity index is 1.48. The van der Waals surface area contributed by atoms with Crippen molar-refractivity contribution in [1.29, 1.82) is 0 Å². The minimum absolute atomic E-state index is 0.0698. The van der Waals surface area contributed by atoms with Gasteiger partial charge in [-0.25, -0.2) is 4.79 Å². The topological polar surface area (TPSA) is 217 Å². The largest absolute Gasteiger partial charge is 0.508 e. The summed E-state index contributed by atoms with van der Waals surface area (Å²) in [4.78, 5) is 25.9. The molecule has 0 bridgehead atoms. The highest BCUT2D eigenvalue weighted by molar-refractivity contribution is 5.89. The highest BCUT2D eigenvalue weighted by atomic mass is 16.7. The highest BCUT2D eigenvalue weighted by Crippen LogP contribution is 2.37. The van der Waals surface area contributed by atoms with Crippen molar-refractivity contribution >= 4 is 16.9 Å². The van der Waals surface area contributed by atoms with Gasteiger partial charge in [-0.3, -0.25) is 4.79 Å². The third-order valence-corrected chi connectivity index (χ3v) is 6.43. The average molecular weight is 568 g/mol. The molecule has 0 spiro atoms. The molecule has 0 radical (unpaired) electrons. The molecule has 13 nitrogen and oxygen atoms in total. The zero-order valence-corrected chi connectivity index (χ0v) is 20.9. The van der Waals surface area contributed by atoms with Crippen molar-refractivity contribution in [2.45, 2.75) is 30.7 Å². The number of benzene rings is 3. The number of phenols is 4. The third kappa shape index (κ3) is 5.47. The number of rotatable bonds is 6. The molecule has 5 rings (SSSR count). The van der Waals surface area contributed by atoms with Gasteiger partial charge in [0.05, 0.1) is 5.56 Å². The van der Waals surface area contributed by atoms with E-state index in [9.17, 15) is 45.3 Å². The van der Waals surface area contributed by atoms with Crippen LogP contribution in [0.4, 0.5) is 0 Å².